The molecule has 0 spiro atoms. The Bertz CT molecular complexity index is 1120. The highest BCUT2D eigenvalue weighted by Crippen LogP contribution is 2.38. The fourth-order valence-electron chi connectivity index (χ4n) is 3.79. The van der Waals surface area contributed by atoms with Crippen LogP contribution in [0.25, 0.3) is 22.6 Å². The lowest BCUT2D eigenvalue weighted by Gasteiger charge is -2.26. The Morgan fingerprint density at radius 1 is 1.24 bits per heavy atom. The molecule has 1 aromatic carbocycles. The Hall–Kier alpha value is -3.41. The van der Waals surface area contributed by atoms with Crippen LogP contribution in [0.4, 0.5) is 0 Å². The van der Waals surface area contributed by atoms with Crippen molar-refractivity contribution in [1.29, 1.82) is 0 Å². The molecule has 2 aromatic heterocycles. The molecule has 6 nitrogen and oxygen atoms in total. The highest BCUT2D eigenvalue weighted by molar-refractivity contribution is 6.07. The first-order chi connectivity index (χ1) is 13.9. The summed E-state index contributed by atoms with van der Waals surface area (Å²) in [7, 11) is 0. The number of nitrogens with two attached hydrogens (primary N) is 1. The van der Waals surface area contributed by atoms with Crippen LogP contribution in [0.1, 0.15) is 47.6 Å². The molecule has 0 aliphatic heterocycles. The maximum absolute atomic E-state index is 13.1. The predicted octanol–water partition coefficient (Wildman–Crippen LogP) is 3.98. The zero-order chi connectivity index (χ0) is 20.5. The average Bonchev–Trinajstić information content (AvgIpc) is 3.19. The summed E-state index contributed by atoms with van der Waals surface area (Å²) in [4.78, 5) is 29.4. The third kappa shape index (κ3) is 3.66. The van der Waals surface area contributed by atoms with E-state index in [1.54, 1.807) is 6.26 Å². The van der Waals surface area contributed by atoms with Gasteiger partial charge in [0.25, 0.3) is 5.91 Å². The molecule has 0 saturated carbocycles. The van der Waals surface area contributed by atoms with E-state index in [2.05, 4.69) is 6.92 Å². The Kier molecular flexibility index (Phi) is 4.92. The Morgan fingerprint density at radius 2 is 2.03 bits per heavy atom. The first-order valence-electron chi connectivity index (χ1n) is 9.60. The van der Waals surface area contributed by atoms with Crippen LogP contribution in [0.15, 0.2) is 47.1 Å². The quantitative estimate of drug-likeness (QED) is 0.680. The standard InChI is InChI=1S/C23H22N2O4/c1-13-10-15(12-16-6-5-9-28-16)21-18(11-13)20(23(27)29-14(2)22(24)26)17-7-3-4-8-19(17)25-21/h3-9,12-14H,10-11H2,1-2H3,(H2,24,26)/b15-12-/t13-,14-/m0/s1. The number of allylic oxidation sites excluding steroid dienone is 1. The van der Waals surface area contributed by atoms with E-state index in [9.17, 15) is 9.59 Å². The number of furan rings is 1. The van der Waals surface area contributed by atoms with Gasteiger partial charge in [-0.05, 0) is 61.1 Å². The number of aromatic nitrogens is 1. The molecule has 2 atom stereocenters. The number of carbonyl (C=O) groups is 2. The van der Waals surface area contributed by atoms with Gasteiger partial charge in [-0.1, -0.05) is 25.1 Å². The topological polar surface area (TPSA) is 95.4 Å². The van der Waals surface area contributed by atoms with Gasteiger partial charge in [0.1, 0.15) is 5.76 Å². The van der Waals surface area contributed by atoms with Crippen LogP contribution in [-0.2, 0) is 16.0 Å². The third-order valence-electron chi connectivity index (χ3n) is 5.17. The summed E-state index contributed by atoms with van der Waals surface area (Å²) in [6.45, 7) is 3.61. The summed E-state index contributed by atoms with van der Waals surface area (Å²) < 4.78 is 10.9. The lowest BCUT2D eigenvalue weighted by atomic mass is 9.81. The predicted molar refractivity (Wildman–Crippen MR) is 110 cm³/mol. The van der Waals surface area contributed by atoms with E-state index in [-0.39, 0.29) is 0 Å². The monoisotopic (exact) mass is 390 g/mol. The maximum atomic E-state index is 13.1. The summed E-state index contributed by atoms with van der Waals surface area (Å²) in [6, 6.07) is 11.2. The van der Waals surface area contributed by atoms with Crippen molar-refractivity contribution in [1.82, 2.24) is 4.98 Å². The molecule has 0 fully saturated rings. The summed E-state index contributed by atoms with van der Waals surface area (Å²) >= 11 is 0. The number of rotatable bonds is 4. The van der Waals surface area contributed by atoms with Gasteiger partial charge in [-0.3, -0.25) is 4.79 Å². The second-order valence-electron chi connectivity index (χ2n) is 7.48. The van der Waals surface area contributed by atoms with E-state index in [1.807, 2.05) is 42.5 Å². The molecular weight excluding hydrogens is 368 g/mol. The molecular formula is C23H22N2O4. The number of hydrogen-bond donors (Lipinski definition) is 1. The van der Waals surface area contributed by atoms with Crippen LogP contribution in [0, 0.1) is 5.92 Å². The van der Waals surface area contributed by atoms with Gasteiger partial charge in [0.2, 0.25) is 0 Å². The van der Waals surface area contributed by atoms with Gasteiger partial charge in [-0.15, -0.1) is 0 Å². The van der Waals surface area contributed by atoms with Crippen molar-refractivity contribution in [3.63, 3.8) is 0 Å². The normalized spacial score (nSPS) is 18.4. The number of pyridine rings is 1. The number of carbonyl (C=O) groups excluding carboxylic acids is 2. The minimum atomic E-state index is -1.01. The van der Waals surface area contributed by atoms with Crippen LogP contribution in [0.5, 0.6) is 0 Å². The highest BCUT2D eigenvalue weighted by atomic mass is 16.5. The summed E-state index contributed by atoms with van der Waals surface area (Å²) in [5.41, 5.74) is 9.06. The number of fused-ring (bicyclic) bond motifs is 2. The number of para-hydroxylation sites is 1. The number of primary amides is 1. The van der Waals surface area contributed by atoms with Crippen molar-refractivity contribution in [3.05, 3.63) is 65.2 Å². The maximum Gasteiger partial charge on any atom is 0.339 e. The molecule has 6 heteroatoms. The minimum absolute atomic E-state index is 0.312. The first-order valence-corrected chi connectivity index (χ1v) is 9.60. The van der Waals surface area contributed by atoms with Crippen molar-refractivity contribution in [2.45, 2.75) is 32.8 Å². The van der Waals surface area contributed by atoms with Gasteiger partial charge in [0.15, 0.2) is 6.10 Å². The number of ether oxygens (including phenoxy) is 1. The molecule has 2 heterocycles. The van der Waals surface area contributed by atoms with Crippen LogP contribution in [0.3, 0.4) is 0 Å². The molecule has 4 rings (SSSR count). The smallest absolute Gasteiger partial charge is 0.339 e. The zero-order valence-electron chi connectivity index (χ0n) is 16.3. The first kappa shape index (κ1) is 18.9. The largest absolute Gasteiger partial charge is 0.465 e. The number of hydrogen-bond acceptors (Lipinski definition) is 5. The Labute approximate surface area is 168 Å². The molecule has 1 amide bonds. The van der Waals surface area contributed by atoms with Crippen molar-refractivity contribution in [2.24, 2.45) is 11.7 Å². The number of benzene rings is 1. The molecule has 3 aromatic rings. The zero-order valence-corrected chi connectivity index (χ0v) is 16.3. The van der Waals surface area contributed by atoms with Gasteiger partial charge < -0.3 is 14.9 Å². The molecule has 2 N–H and O–H groups in total. The van der Waals surface area contributed by atoms with E-state index in [0.717, 1.165) is 29.0 Å². The van der Waals surface area contributed by atoms with Crippen LogP contribution in [-0.4, -0.2) is 23.0 Å². The van der Waals surface area contributed by atoms with Crippen LogP contribution >= 0.6 is 0 Å². The molecule has 0 bridgehead atoms. The molecule has 0 radical (unpaired) electrons. The van der Waals surface area contributed by atoms with E-state index in [4.69, 9.17) is 19.9 Å². The van der Waals surface area contributed by atoms with Crippen molar-refractivity contribution >= 4 is 34.4 Å². The van der Waals surface area contributed by atoms with Gasteiger partial charge in [0, 0.05) is 5.39 Å². The summed E-state index contributed by atoms with van der Waals surface area (Å²) in [5.74, 6) is -0.191. The van der Waals surface area contributed by atoms with Crippen molar-refractivity contribution < 1.29 is 18.7 Å². The second kappa shape index (κ2) is 7.54. The molecule has 29 heavy (non-hydrogen) atoms. The van der Waals surface area contributed by atoms with Crippen molar-refractivity contribution in [2.75, 3.05) is 0 Å². The van der Waals surface area contributed by atoms with E-state index in [0.29, 0.717) is 28.8 Å². The van der Waals surface area contributed by atoms with Gasteiger partial charge in [-0.25, -0.2) is 9.78 Å². The number of amides is 1. The molecule has 0 saturated heterocycles. The lowest BCUT2D eigenvalue weighted by molar-refractivity contribution is -0.125. The van der Waals surface area contributed by atoms with Gasteiger partial charge in [-0.2, -0.15) is 0 Å². The Morgan fingerprint density at radius 3 is 2.76 bits per heavy atom. The van der Waals surface area contributed by atoms with Gasteiger partial charge >= 0.3 is 5.97 Å². The lowest BCUT2D eigenvalue weighted by Crippen LogP contribution is -2.31. The average molecular weight is 390 g/mol. The van der Waals surface area contributed by atoms with Crippen LogP contribution < -0.4 is 5.73 Å². The number of esters is 1. The second-order valence-corrected chi connectivity index (χ2v) is 7.48. The van der Waals surface area contributed by atoms with E-state index >= 15 is 0 Å². The highest BCUT2D eigenvalue weighted by Gasteiger charge is 2.30. The molecule has 148 valence electrons. The van der Waals surface area contributed by atoms with E-state index in [1.165, 1.54) is 6.92 Å². The summed E-state index contributed by atoms with van der Waals surface area (Å²) in [5, 5.41) is 0.708. The van der Waals surface area contributed by atoms with Crippen LogP contribution in [0.2, 0.25) is 0 Å². The fourth-order valence-corrected chi connectivity index (χ4v) is 3.79. The Balaban J connectivity index is 1.92. The molecule has 1 aliphatic carbocycles. The summed E-state index contributed by atoms with van der Waals surface area (Å²) in [6.07, 6.45) is 4.10. The molecule has 1 aliphatic rings. The number of nitrogens with zero attached hydrogens (tertiary/aromatic N) is 1. The molecule has 0 unspecified atom stereocenters. The minimum Gasteiger partial charge on any atom is -0.465 e. The van der Waals surface area contributed by atoms with Crippen molar-refractivity contribution in [3.8, 4) is 0 Å². The van der Waals surface area contributed by atoms with E-state index < -0.39 is 18.0 Å². The fraction of sp³-hybridized carbons (Fsp3) is 0.261. The van der Waals surface area contributed by atoms with Gasteiger partial charge in [0.05, 0.1) is 23.0 Å². The SMILES string of the molecule is C[C@H]1C/C(=C/c2ccco2)c2nc3ccccc3c(C(=O)O[C@@H](C)C(N)=O)c2C1. The third-order valence-corrected chi connectivity index (χ3v) is 5.17.